The summed E-state index contributed by atoms with van der Waals surface area (Å²) in [7, 11) is 0. The van der Waals surface area contributed by atoms with Crippen molar-refractivity contribution in [3.8, 4) is 0 Å². The summed E-state index contributed by atoms with van der Waals surface area (Å²) in [6.45, 7) is 5.88. The molecule has 22 heavy (non-hydrogen) atoms. The van der Waals surface area contributed by atoms with Crippen molar-refractivity contribution in [1.29, 1.82) is 0 Å². The lowest BCUT2D eigenvalue weighted by Gasteiger charge is -2.31. The van der Waals surface area contributed by atoms with Crippen molar-refractivity contribution in [3.05, 3.63) is 17.5 Å². The molecule has 0 radical (unpaired) electrons. The van der Waals surface area contributed by atoms with Crippen molar-refractivity contribution in [1.82, 2.24) is 14.7 Å². The molecule has 1 aromatic rings. The van der Waals surface area contributed by atoms with Gasteiger partial charge in [-0.1, -0.05) is 0 Å². The highest BCUT2D eigenvalue weighted by Crippen LogP contribution is 2.25. The Bertz CT molecular complexity index is 519. The van der Waals surface area contributed by atoms with Gasteiger partial charge in [-0.05, 0) is 44.9 Å². The highest BCUT2D eigenvalue weighted by molar-refractivity contribution is 7.99. The van der Waals surface area contributed by atoms with Gasteiger partial charge in [0.15, 0.2) is 0 Å². The average molecular weight is 323 g/mol. The second-order valence-corrected chi connectivity index (χ2v) is 7.43. The summed E-state index contributed by atoms with van der Waals surface area (Å²) in [5, 5.41) is 4.42. The molecule has 0 aromatic carbocycles. The molecule has 2 fully saturated rings. The van der Waals surface area contributed by atoms with Gasteiger partial charge in [-0.2, -0.15) is 16.9 Å². The normalized spacial score (nSPS) is 24.8. The van der Waals surface area contributed by atoms with Crippen LogP contribution in [0.25, 0.3) is 0 Å². The first-order valence-electron chi connectivity index (χ1n) is 8.13. The number of ether oxygens (including phenoxy) is 1. The van der Waals surface area contributed by atoms with Crippen LogP contribution in [-0.4, -0.2) is 57.4 Å². The molecule has 3 rings (SSSR count). The first-order chi connectivity index (χ1) is 10.6. The summed E-state index contributed by atoms with van der Waals surface area (Å²) in [4.78, 5) is 14.9. The molecule has 2 aliphatic heterocycles. The van der Waals surface area contributed by atoms with Crippen LogP contribution >= 0.6 is 11.8 Å². The van der Waals surface area contributed by atoms with E-state index in [0.717, 1.165) is 55.3 Å². The van der Waals surface area contributed by atoms with Crippen LogP contribution in [0.5, 0.6) is 0 Å². The van der Waals surface area contributed by atoms with Crippen LogP contribution in [0.4, 0.5) is 0 Å². The molecule has 0 bridgehead atoms. The maximum absolute atomic E-state index is 12.8. The summed E-state index contributed by atoms with van der Waals surface area (Å²) in [6.07, 6.45) is 3.50. The molecule has 5 nitrogen and oxygen atoms in total. The van der Waals surface area contributed by atoms with E-state index >= 15 is 0 Å². The molecule has 0 spiro atoms. The van der Waals surface area contributed by atoms with Gasteiger partial charge in [0.25, 0.3) is 0 Å². The van der Waals surface area contributed by atoms with Crippen LogP contribution in [0.3, 0.4) is 0 Å². The Kier molecular flexibility index (Phi) is 5.08. The number of rotatable bonds is 5. The second-order valence-electron chi connectivity index (χ2n) is 6.28. The molecule has 0 saturated carbocycles. The number of hydrogen-bond donors (Lipinski definition) is 0. The lowest BCUT2D eigenvalue weighted by molar-refractivity contribution is -0.135. The molecule has 0 unspecified atom stereocenters. The van der Waals surface area contributed by atoms with Crippen molar-refractivity contribution in [2.75, 3.05) is 24.7 Å². The van der Waals surface area contributed by atoms with E-state index in [-0.39, 0.29) is 12.0 Å². The number of hydrogen-bond acceptors (Lipinski definition) is 4. The fourth-order valence-corrected chi connectivity index (χ4v) is 4.51. The predicted molar refractivity (Wildman–Crippen MR) is 88.1 cm³/mol. The minimum atomic E-state index is 0.175. The molecular weight excluding hydrogens is 298 g/mol. The smallest absolute Gasteiger partial charge is 0.244 e. The standard InChI is InChI=1S/C16H25N3O2S/c1-12-8-13(2)19(17-12)10-16(20)18(14-5-7-22-11-14)9-15-4-3-6-21-15/h8,14-15H,3-7,9-11H2,1-2H3/t14-,15-/m1/s1. The molecule has 2 atom stereocenters. The van der Waals surface area contributed by atoms with E-state index in [1.165, 1.54) is 0 Å². The second kappa shape index (κ2) is 7.04. The van der Waals surface area contributed by atoms with Crippen molar-refractivity contribution in [2.24, 2.45) is 0 Å². The number of carbonyl (C=O) groups excluding carboxylic acids is 1. The third kappa shape index (κ3) is 3.66. The monoisotopic (exact) mass is 323 g/mol. The Morgan fingerprint density at radius 3 is 2.95 bits per heavy atom. The summed E-state index contributed by atoms with van der Waals surface area (Å²) < 4.78 is 7.57. The molecular formula is C16H25N3O2S. The highest BCUT2D eigenvalue weighted by Gasteiger charge is 2.30. The Labute approximate surface area is 136 Å². The Balaban J connectivity index is 1.69. The van der Waals surface area contributed by atoms with E-state index in [4.69, 9.17) is 4.74 Å². The van der Waals surface area contributed by atoms with Gasteiger partial charge in [0.2, 0.25) is 5.91 Å². The Hall–Kier alpha value is -1.01. The topological polar surface area (TPSA) is 47.4 Å². The molecule has 2 aliphatic rings. The largest absolute Gasteiger partial charge is 0.376 e. The first kappa shape index (κ1) is 15.9. The van der Waals surface area contributed by atoms with E-state index in [2.05, 4.69) is 10.00 Å². The first-order valence-corrected chi connectivity index (χ1v) is 9.29. The Morgan fingerprint density at radius 2 is 2.36 bits per heavy atom. The molecule has 6 heteroatoms. The zero-order chi connectivity index (χ0) is 15.5. The van der Waals surface area contributed by atoms with Gasteiger partial charge >= 0.3 is 0 Å². The number of nitrogens with zero attached hydrogens (tertiary/aromatic N) is 3. The zero-order valence-electron chi connectivity index (χ0n) is 13.5. The van der Waals surface area contributed by atoms with Crippen molar-refractivity contribution in [2.45, 2.75) is 51.8 Å². The van der Waals surface area contributed by atoms with Gasteiger partial charge in [-0.3, -0.25) is 9.48 Å². The van der Waals surface area contributed by atoms with Gasteiger partial charge in [0.1, 0.15) is 6.54 Å². The molecule has 2 saturated heterocycles. The van der Waals surface area contributed by atoms with Crippen LogP contribution < -0.4 is 0 Å². The van der Waals surface area contributed by atoms with Crippen molar-refractivity contribution < 1.29 is 9.53 Å². The van der Waals surface area contributed by atoms with E-state index in [1.807, 2.05) is 36.4 Å². The number of aromatic nitrogens is 2. The maximum Gasteiger partial charge on any atom is 0.244 e. The SMILES string of the molecule is Cc1cc(C)n(CC(=O)N(C[C@H]2CCCO2)[C@@H]2CCSC2)n1. The summed E-state index contributed by atoms with van der Waals surface area (Å²) in [5.74, 6) is 2.38. The lowest BCUT2D eigenvalue weighted by atomic mass is 10.1. The Morgan fingerprint density at radius 1 is 1.50 bits per heavy atom. The molecule has 0 N–H and O–H groups in total. The average Bonchev–Trinajstić information content (AvgIpc) is 3.20. The summed E-state index contributed by atoms with van der Waals surface area (Å²) >= 11 is 1.94. The fraction of sp³-hybridized carbons (Fsp3) is 0.750. The molecule has 1 aromatic heterocycles. The van der Waals surface area contributed by atoms with Gasteiger partial charge in [-0.25, -0.2) is 0 Å². The molecule has 1 amide bonds. The lowest BCUT2D eigenvalue weighted by Crippen LogP contribution is -2.46. The van der Waals surface area contributed by atoms with Gasteiger partial charge in [0, 0.05) is 30.6 Å². The van der Waals surface area contributed by atoms with Crippen LogP contribution in [0.2, 0.25) is 0 Å². The summed E-state index contributed by atoms with van der Waals surface area (Å²) in [6, 6.07) is 2.38. The van der Waals surface area contributed by atoms with Crippen LogP contribution in [0.15, 0.2) is 6.07 Å². The zero-order valence-corrected chi connectivity index (χ0v) is 14.3. The third-order valence-corrected chi connectivity index (χ3v) is 5.62. The van der Waals surface area contributed by atoms with Gasteiger partial charge < -0.3 is 9.64 Å². The van der Waals surface area contributed by atoms with Crippen molar-refractivity contribution in [3.63, 3.8) is 0 Å². The number of thioether (sulfide) groups is 1. The number of carbonyl (C=O) groups is 1. The highest BCUT2D eigenvalue weighted by atomic mass is 32.2. The van der Waals surface area contributed by atoms with Gasteiger partial charge in [-0.15, -0.1) is 0 Å². The van der Waals surface area contributed by atoms with Crippen LogP contribution in [0, 0.1) is 13.8 Å². The van der Waals surface area contributed by atoms with Crippen LogP contribution in [0.1, 0.15) is 30.7 Å². The summed E-state index contributed by atoms with van der Waals surface area (Å²) in [5.41, 5.74) is 2.01. The molecule has 3 heterocycles. The van der Waals surface area contributed by atoms with Crippen LogP contribution in [-0.2, 0) is 16.1 Å². The molecule has 0 aliphatic carbocycles. The molecule has 122 valence electrons. The van der Waals surface area contributed by atoms with E-state index in [1.54, 1.807) is 0 Å². The minimum absolute atomic E-state index is 0.175. The van der Waals surface area contributed by atoms with E-state index in [9.17, 15) is 4.79 Å². The van der Waals surface area contributed by atoms with E-state index < -0.39 is 0 Å². The minimum Gasteiger partial charge on any atom is -0.376 e. The predicted octanol–water partition coefficient (Wildman–Crippen LogP) is 2.01. The number of amides is 1. The van der Waals surface area contributed by atoms with Gasteiger partial charge in [0.05, 0.1) is 11.8 Å². The van der Waals surface area contributed by atoms with Crippen molar-refractivity contribution >= 4 is 17.7 Å². The third-order valence-electron chi connectivity index (χ3n) is 4.48. The van der Waals surface area contributed by atoms with E-state index in [0.29, 0.717) is 12.6 Å². The fourth-order valence-electron chi connectivity index (χ4n) is 3.28. The number of aryl methyl sites for hydroxylation is 2. The quantitative estimate of drug-likeness (QED) is 0.832. The maximum atomic E-state index is 12.8.